The van der Waals surface area contributed by atoms with Gasteiger partial charge in [-0.3, -0.25) is 4.79 Å². The fourth-order valence-electron chi connectivity index (χ4n) is 2.11. The number of nitrogens with zero attached hydrogens (tertiary/aromatic N) is 3. The Morgan fingerprint density at radius 1 is 1.36 bits per heavy atom. The molecular formula is C15H12ClF2N3O. The molecule has 0 saturated heterocycles. The van der Waals surface area contributed by atoms with E-state index in [1.165, 1.54) is 6.07 Å². The highest BCUT2D eigenvalue weighted by atomic mass is 35.5. The Kier molecular flexibility index (Phi) is 4.57. The molecule has 0 bridgehead atoms. The van der Waals surface area contributed by atoms with Crippen LogP contribution in [0.1, 0.15) is 19.5 Å². The summed E-state index contributed by atoms with van der Waals surface area (Å²) in [5.41, 5.74) is -1.72. The van der Waals surface area contributed by atoms with Crippen molar-refractivity contribution in [1.29, 1.82) is 5.26 Å². The molecular weight excluding hydrogens is 312 g/mol. The molecule has 1 heterocycles. The van der Waals surface area contributed by atoms with E-state index in [4.69, 9.17) is 16.9 Å². The summed E-state index contributed by atoms with van der Waals surface area (Å²) in [5.74, 6) is -1.72. The summed E-state index contributed by atoms with van der Waals surface area (Å²) in [6.45, 7) is 3.81. The molecule has 1 aromatic carbocycles. The fraction of sp³-hybridized carbons (Fsp3) is 0.267. The van der Waals surface area contributed by atoms with E-state index < -0.39 is 28.5 Å². The van der Waals surface area contributed by atoms with Gasteiger partial charge in [0.15, 0.2) is 5.15 Å². The van der Waals surface area contributed by atoms with Crippen LogP contribution in [0.3, 0.4) is 0 Å². The third kappa shape index (κ3) is 2.85. The first kappa shape index (κ1) is 16.1. The zero-order chi connectivity index (χ0) is 16.4. The maximum Gasteiger partial charge on any atom is 0.287 e. The average molecular weight is 324 g/mol. The van der Waals surface area contributed by atoms with Gasteiger partial charge in [0, 0.05) is 6.54 Å². The second-order valence-corrected chi connectivity index (χ2v) is 5.48. The highest BCUT2D eigenvalue weighted by molar-refractivity contribution is 6.31. The molecule has 0 aliphatic rings. The normalized spacial score (nSPS) is 10.8. The highest BCUT2D eigenvalue weighted by Crippen LogP contribution is 2.30. The molecule has 0 spiro atoms. The lowest BCUT2D eigenvalue weighted by atomic mass is 10.1. The monoisotopic (exact) mass is 323 g/mol. The summed E-state index contributed by atoms with van der Waals surface area (Å²) < 4.78 is 29.2. The van der Waals surface area contributed by atoms with Gasteiger partial charge in [0.2, 0.25) is 5.69 Å². The van der Waals surface area contributed by atoms with Crippen molar-refractivity contribution in [3.8, 4) is 17.3 Å². The molecule has 2 rings (SSSR count). The first-order valence-electron chi connectivity index (χ1n) is 6.51. The third-order valence-electron chi connectivity index (χ3n) is 2.98. The Hall–Kier alpha value is -2.26. The van der Waals surface area contributed by atoms with Crippen molar-refractivity contribution in [3.05, 3.63) is 51.0 Å². The van der Waals surface area contributed by atoms with E-state index in [0.717, 1.165) is 16.7 Å². The number of aromatic nitrogens is 2. The molecule has 114 valence electrons. The predicted octanol–water partition coefficient (Wildman–Crippen LogP) is 3.37. The molecule has 0 amide bonds. The van der Waals surface area contributed by atoms with Crippen molar-refractivity contribution in [2.75, 3.05) is 0 Å². The van der Waals surface area contributed by atoms with E-state index in [2.05, 4.69) is 4.98 Å². The molecule has 0 atom stereocenters. The van der Waals surface area contributed by atoms with Crippen LogP contribution in [-0.2, 0) is 6.54 Å². The van der Waals surface area contributed by atoms with Gasteiger partial charge in [-0.05, 0) is 18.1 Å². The molecule has 0 N–H and O–H groups in total. The molecule has 0 saturated carbocycles. The molecule has 1 aromatic heterocycles. The van der Waals surface area contributed by atoms with Gasteiger partial charge in [0.1, 0.15) is 17.7 Å². The Morgan fingerprint density at radius 2 is 1.95 bits per heavy atom. The number of benzene rings is 1. The van der Waals surface area contributed by atoms with E-state index in [1.807, 2.05) is 13.8 Å². The van der Waals surface area contributed by atoms with Crippen molar-refractivity contribution in [2.45, 2.75) is 20.4 Å². The maximum absolute atomic E-state index is 14.0. The molecule has 0 unspecified atom stereocenters. The van der Waals surface area contributed by atoms with Crippen molar-refractivity contribution in [1.82, 2.24) is 9.55 Å². The smallest absolute Gasteiger partial charge is 0.287 e. The lowest BCUT2D eigenvalue weighted by molar-refractivity contribution is 0.507. The molecule has 2 aromatic rings. The van der Waals surface area contributed by atoms with Crippen LogP contribution in [-0.4, -0.2) is 9.55 Å². The molecule has 0 fully saturated rings. The van der Waals surface area contributed by atoms with Gasteiger partial charge < -0.3 is 4.57 Å². The predicted molar refractivity (Wildman–Crippen MR) is 78.4 cm³/mol. The standard InChI is InChI=1S/C15H12ClF2N3O/c1-8(2)7-21-13(12-9(17)4-3-5-10(12)18)14(16)20-11(6-19)15(21)22/h3-5,8H,7H2,1-2H3. The quantitative estimate of drug-likeness (QED) is 0.870. The van der Waals surface area contributed by atoms with Gasteiger partial charge in [-0.2, -0.15) is 5.26 Å². The van der Waals surface area contributed by atoms with Crippen LogP contribution in [0.2, 0.25) is 5.15 Å². The second kappa shape index (κ2) is 6.24. The number of hydrogen-bond donors (Lipinski definition) is 0. The summed E-state index contributed by atoms with van der Waals surface area (Å²) in [6, 6.07) is 4.99. The van der Waals surface area contributed by atoms with Gasteiger partial charge in [0.05, 0.1) is 11.3 Å². The van der Waals surface area contributed by atoms with Gasteiger partial charge in [-0.1, -0.05) is 31.5 Å². The van der Waals surface area contributed by atoms with Crippen LogP contribution in [0.15, 0.2) is 23.0 Å². The summed E-state index contributed by atoms with van der Waals surface area (Å²) in [7, 11) is 0. The molecule has 0 aliphatic heterocycles. The van der Waals surface area contributed by atoms with Crippen molar-refractivity contribution < 1.29 is 8.78 Å². The fourth-order valence-corrected chi connectivity index (χ4v) is 2.40. The van der Waals surface area contributed by atoms with Crippen LogP contribution < -0.4 is 5.56 Å². The van der Waals surface area contributed by atoms with E-state index in [0.29, 0.717) is 0 Å². The Bertz CT molecular complexity index is 805. The van der Waals surface area contributed by atoms with E-state index in [9.17, 15) is 13.6 Å². The van der Waals surface area contributed by atoms with Crippen molar-refractivity contribution >= 4 is 11.6 Å². The van der Waals surface area contributed by atoms with E-state index in [1.54, 1.807) is 6.07 Å². The minimum atomic E-state index is -0.856. The number of rotatable bonds is 3. The minimum absolute atomic E-state index is 0.00343. The van der Waals surface area contributed by atoms with Gasteiger partial charge >= 0.3 is 0 Å². The molecule has 22 heavy (non-hydrogen) atoms. The van der Waals surface area contributed by atoms with Gasteiger partial charge in [-0.15, -0.1) is 0 Å². The summed E-state index contributed by atoms with van der Waals surface area (Å²) in [4.78, 5) is 15.9. The van der Waals surface area contributed by atoms with Crippen LogP contribution in [0.5, 0.6) is 0 Å². The minimum Gasteiger partial charge on any atom is -0.302 e. The Labute approximate surface area is 130 Å². The molecule has 0 aliphatic carbocycles. The SMILES string of the molecule is CC(C)Cn1c(-c2c(F)cccc2F)c(Cl)nc(C#N)c1=O. The average Bonchev–Trinajstić information content (AvgIpc) is 2.44. The molecule has 0 radical (unpaired) electrons. The van der Waals surface area contributed by atoms with Crippen LogP contribution in [0, 0.1) is 28.9 Å². The number of halogens is 3. The van der Waals surface area contributed by atoms with Crippen molar-refractivity contribution in [3.63, 3.8) is 0 Å². The van der Waals surface area contributed by atoms with E-state index >= 15 is 0 Å². The summed E-state index contributed by atoms with van der Waals surface area (Å²) in [6.07, 6.45) is 0. The maximum atomic E-state index is 14.0. The first-order valence-corrected chi connectivity index (χ1v) is 6.89. The lowest BCUT2D eigenvalue weighted by Crippen LogP contribution is -2.28. The lowest BCUT2D eigenvalue weighted by Gasteiger charge is -2.17. The van der Waals surface area contributed by atoms with Gasteiger partial charge in [0.25, 0.3) is 5.56 Å². The van der Waals surface area contributed by atoms with Crippen molar-refractivity contribution in [2.24, 2.45) is 5.92 Å². The number of hydrogen-bond acceptors (Lipinski definition) is 3. The van der Waals surface area contributed by atoms with Crippen LogP contribution in [0.4, 0.5) is 8.78 Å². The molecule has 7 heteroatoms. The first-order chi connectivity index (χ1) is 10.4. The van der Waals surface area contributed by atoms with Crippen LogP contribution >= 0.6 is 11.6 Å². The van der Waals surface area contributed by atoms with Gasteiger partial charge in [-0.25, -0.2) is 13.8 Å². The topological polar surface area (TPSA) is 58.7 Å². The number of nitriles is 1. The molecule has 4 nitrogen and oxygen atoms in total. The Morgan fingerprint density at radius 3 is 2.45 bits per heavy atom. The third-order valence-corrected chi connectivity index (χ3v) is 3.24. The zero-order valence-corrected chi connectivity index (χ0v) is 12.7. The zero-order valence-electron chi connectivity index (χ0n) is 11.9. The largest absolute Gasteiger partial charge is 0.302 e. The Balaban J connectivity index is 2.89. The second-order valence-electron chi connectivity index (χ2n) is 5.12. The summed E-state index contributed by atoms with van der Waals surface area (Å²) >= 11 is 5.99. The van der Waals surface area contributed by atoms with Crippen LogP contribution in [0.25, 0.3) is 11.3 Å². The summed E-state index contributed by atoms with van der Waals surface area (Å²) in [5, 5.41) is 8.65. The highest BCUT2D eigenvalue weighted by Gasteiger charge is 2.22. The van der Waals surface area contributed by atoms with E-state index in [-0.39, 0.29) is 23.3 Å².